The van der Waals surface area contributed by atoms with Gasteiger partial charge in [0, 0.05) is 6.54 Å². The quantitative estimate of drug-likeness (QED) is 0.780. The molecule has 1 aromatic carbocycles. The molecule has 1 N–H and O–H groups in total. The smallest absolute Gasteiger partial charge is 0.335 e. The van der Waals surface area contributed by atoms with Gasteiger partial charge in [-0.05, 0) is 25.0 Å². The predicted molar refractivity (Wildman–Crippen MR) is 60.0 cm³/mol. The molecule has 0 spiro atoms. The second kappa shape index (κ2) is 3.27. The van der Waals surface area contributed by atoms with Crippen LogP contribution in [-0.4, -0.2) is 14.2 Å². The summed E-state index contributed by atoms with van der Waals surface area (Å²) in [6.07, 6.45) is 1.72. The summed E-state index contributed by atoms with van der Waals surface area (Å²) in [5.41, 5.74) is 1.33. The molecule has 3 rings (SSSR count). The van der Waals surface area contributed by atoms with Crippen molar-refractivity contribution in [3.63, 3.8) is 0 Å². The average Bonchev–Trinajstić information content (AvgIpc) is 2.86. The first-order valence-electron chi connectivity index (χ1n) is 5.38. The Kier molecular flexibility index (Phi) is 1.89. The lowest BCUT2D eigenvalue weighted by molar-refractivity contribution is 0.435. The van der Waals surface area contributed by atoms with Crippen molar-refractivity contribution in [1.82, 2.24) is 9.13 Å². The van der Waals surface area contributed by atoms with Crippen LogP contribution < -0.4 is 5.69 Å². The van der Waals surface area contributed by atoms with Crippen LogP contribution in [0.4, 0.5) is 0 Å². The van der Waals surface area contributed by atoms with Gasteiger partial charge in [-0.25, -0.2) is 9.36 Å². The molecule has 0 atom stereocenters. The molecule has 0 saturated heterocycles. The van der Waals surface area contributed by atoms with Gasteiger partial charge < -0.3 is 5.11 Å². The van der Waals surface area contributed by atoms with Crippen LogP contribution in [-0.2, 0) is 13.0 Å². The van der Waals surface area contributed by atoms with Crippen molar-refractivity contribution in [3.8, 4) is 11.6 Å². The fraction of sp³-hybridized carbons (Fsp3) is 0.250. The maximum absolute atomic E-state index is 12.0. The Morgan fingerprint density at radius 1 is 1.19 bits per heavy atom. The molecule has 0 fully saturated rings. The summed E-state index contributed by atoms with van der Waals surface area (Å²) in [5.74, 6) is 0.0914. The zero-order chi connectivity index (χ0) is 11.1. The van der Waals surface area contributed by atoms with Crippen molar-refractivity contribution in [1.29, 1.82) is 0 Å². The summed E-state index contributed by atoms with van der Waals surface area (Å²) in [6, 6.07) is 9.22. The van der Waals surface area contributed by atoms with Gasteiger partial charge in [-0.3, -0.25) is 4.57 Å². The summed E-state index contributed by atoms with van der Waals surface area (Å²) in [4.78, 5) is 12.0. The van der Waals surface area contributed by atoms with Crippen LogP contribution >= 0.6 is 0 Å². The minimum absolute atomic E-state index is 0.0914. The molecule has 0 amide bonds. The molecule has 82 valence electrons. The molecule has 0 saturated carbocycles. The Hall–Kier alpha value is -1.97. The first-order chi connectivity index (χ1) is 7.79. The first-order valence-corrected chi connectivity index (χ1v) is 5.38. The van der Waals surface area contributed by atoms with Crippen LogP contribution in [0.25, 0.3) is 5.69 Å². The number of aromatic nitrogens is 2. The van der Waals surface area contributed by atoms with E-state index in [1.165, 1.54) is 4.57 Å². The number of aromatic hydroxyl groups is 1. The lowest BCUT2D eigenvalue weighted by atomic mass is 10.3. The monoisotopic (exact) mass is 216 g/mol. The highest BCUT2D eigenvalue weighted by Gasteiger charge is 2.23. The van der Waals surface area contributed by atoms with Gasteiger partial charge in [0.2, 0.25) is 5.88 Å². The Labute approximate surface area is 92.4 Å². The molecular weight excluding hydrogens is 204 g/mol. The highest BCUT2D eigenvalue weighted by molar-refractivity contribution is 5.38. The SMILES string of the molecule is O=c1n2c(c(O)n1-c1ccccc1)CCC2. The number of nitrogens with zero attached hydrogens (tertiary/aromatic N) is 2. The summed E-state index contributed by atoms with van der Waals surface area (Å²) in [6.45, 7) is 0.710. The van der Waals surface area contributed by atoms with Crippen molar-refractivity contribution < 1.29 is 5.11 Å². The number of hydrogen-bond acceptors (Lipinski definition) is 2. The van der Waals surface area contributed by atoms with Gasteiger partial charge in [0.15, 0.2) is 0 Å². The summed E-state index contributed by atoms with van der Waals surface area (Å²) in [5, 5.41) is 10.0. The molecule has 4 nitrogen and oxygen atoms in total. The van der Waals surface area contributed by atoms with E-state index in [1.54, 1.807) is 4.57 Å². The Bertz CT molecular complexity index is 581. The zero-order valence-electron chi connectivity index (χ0n) is 8.76. The van der Waals surface area contributed by atoms with Crippen molar-refractivity contribution in [2.45, 2.75) is 19.4 Å². The molecule has 0 aliphatic carbocycles. The van der Waals surface area contributed by atoms with Crippen LogP contribution in [0.5, 0.6) is 5.88 Å². The second-order valence-electron chi connectivity index (χ2n) is 3.98. The number of para-hydroxylation sites is 1. The van der Waals surface area contributed by atoms with E-state index >= 15 is 0 Å². The molecule has 4 heteroatoms. The normalized spacial score (nSPS) is 14.0. The van der Waals surface area contributed by atoms with E-state index < -0.39 is 0 Å². The van der Waals surface area contributed by atoms with Gasteiger partial charge in [0.25, 0.3) is 0 Å². The Morgan fingerprint density at radius 2 is 1.94 bits per heavy atom. The predicted octanol–water partition coefficient (Wildman–Crippen LogP) is 1.29. The second-order valence-corrected chi connectivity index (χ2v) is 3.98. The fourth-order valence-electron chi connectivity index (χ4n) is 2.27. The maximum Gasteiger partial charge on any atom is 0.335 e. The highest BCUT2D eigenvalue weighted by atomic mass is 16.3. The van der Waals surface area contributed by atoms with Gasteiger partial charge in [-0.15, -0.1) is 0 Å². The molecule has 2 aromatic rings. The van der Waals surface area contributed by atoms with E-state index in [4.69, 9.17) is 0 Å². The molecule has 0 bridgehead atoms. The van der Waals surface area contributed by atoms with Gasteiger partial charge >= 0.3 is 5.69 Å². The van der Waals surface area contributed by atoms with E-state index in [0.29, 0.717) is 12.2 Å². The lowest BCUT2D eigenvalue weighted by Gasteiger charge is -2.02. The van der Waals surface area contributed by atoms with Gasteiger partial charge in [0.05, 0.1) is 11.4 Å². The Balaban J connectivity index is 2.27. The van der Waals surface area contributed by atoms with Crippen molar-refractivity contribution in [3.05, 3.63) is 46.5 Å². The van der Waals surface area contributed by atoms with E-state index in [0.717, 1.165) is 18.5 Å². The molecule has 2 heterocycles. The highest BCUT2D eigenvalue weighted by Crippen LogP contribution is 2.25. The van der Waals surface area contributed by atoms with Gasteiger partial charge in [-0.2, -0.15) is 0 Å². The lowest BCUT2D eigenvalue weighted by Crippen LogP contribution is -2.22. The van der Waals surface area contributed by atoms with E-state index in [9.17, 15) is 9.90 Å². The minimum Gasteiger partial charge on any atom is -0.493 e. The molecule has 1 aliphatic rings. The molecule has 1 aromatic heterocycles. The van der Waals surface area contributed by atoms with E-state index in [-0.39, 0.29) is 11.6 Å². The van der Waals surface area contributed by atoms with Crippen LogP contribution in [0.3, 0.4) is 0 Å². The van der Waals surface area contributed by atoms with Gasteiger partial charge in [-0.1, -0.05) is 18.2 Å². The van der Waals surface area contributed by atoms with Crippen LogP contribution in [0.2, 0.25) is 0 Å². The zero-order valence-corrected chi connectivity index (χ0v) is 8.76. The minimum atomic E-state index is -0.142. The van der Waals surface area contributed by atoms with Crippen molar-refractivity contribution in [2.24, 2.45) is 0 Å². The van der Waals surface area contributed by atoms with Gasteiger partial charge in [0.1, 0.15) is 0 Å². The molecule has 0 radical (unpaired) electrons. The summed E-state index contributed by atoms with van der Waals surface area (Å²) < 4.78 is 3.02. The summed E-state index contributed by atoms with van der Waals surface area (Å²) in [7, 11) is 0. The third-order valence-electron chi connectivity index (χ3n) is 3.03. The average molecular weight is 216 g/mol. The molecule has 16 heavy (non-hydrogen) atoms. The number of benzene rings is 1. The number of hydrogen-bond donors (Lipinski definition) is 1. The fourth-order valence-corrected chi connectivity index (χ4v) is 2.27. The molecular formula is C12H12N2O2. The third kappa shape index (κ3) is 1.13. The molecule has 0 unspecified atom stereocenters. The van der Waals surface area contributed by atoms with Crippen LogP contribution in [0.15, 0.2) is 35.1 Å². The third-order valence-corrected chi connectivity index (χ3v) is 3.03. The van der Waals surface area contributed by atoms with E-state index in [1.807, 2.05) is 30.3 Å². The molecule has 1 aliphatic heterocycles. The number of imidazole rings is 1. The first kappa shape index (κ1) is 9.27. The largest absolute Gasteiger partial charge is 0.493 e. The Morgan fingerprint density at radius 3 is 2.62 bits per heavy atom. The summed E-state index contributed by atoms with van der Waals surface area (Å²) >= 11 is 0. The topological polar surface area (TPSA) is 47.2 Å². The van der Waals surface area contributed by atoms with E-state index in [2.05, 4.69) is 0 Å². The van der Waals surface area contributed by atoms with Crippen molar-refractivity contribution in [2.75, 3.05) is 0 Å². The number of fused-ring (bicyclic) bond motifs is 1. The van der Waals surface area contributed by atoms with Crippen LogP contribution in [0, 0.1) is 0 Å². The maximum atomic E-state index is 12.0. The standard InChI is InChI=1S/C12H12N2O2/c15-11-10-7-4-8-13(10)12(16)14(11)9-5-2-1-3-6-9/h1-3,5-6,15H,4,7-8H2. The van der Waals surface area contributed by atoms with Crippen molar-refractivity contribution >= 4 is 0 Å². The van der Waals surface area contributed by atoms with Crippen LogP contribution in [0.1, 0.15) is 12.1 Å². The number of rotatable bonds is 1.